The number of β-amino-alcohol motifs (C(OH)–C–C–N with tert-alkyl or cyclic N) is 1. The molecule has 3 heteroatoms. The second-order valence-electron chi connectivity index (χ2n) is 3.85. The fourth-order valence-electron chi connectivity index (χ4n) is 1.68. The van der Waals surface area contributed by atoms with Gasteiger partial charge in [-0.1, -0.05) is 26.2 Å². The number of rotatable bonds is 7. The summed E-state index contributed by atoms with van der Waals surface area (Å²) in [5, 5.41) is 8.76. The summed E-state index contributed by atoms with van der Waals surface area (Å²) in [5.41, 5.74) is 0. The van der Waals surface area contributed by atoms with E-state index < -0.39 is 0 Å². The van der Waals surface area contributed by atoms with Crippen LogP contribution in [0.5, 0.6) is 0 Å². The Hall–Kier alpha value is -0.700. The summed E-state index contributed by atoms with van der Waals surface area (Å²) < 4.78 is 0. The lowest BCUT2D eigenvalue weighted by Gasteiger charge is -2.20. The molecular formula is C11H22N2O. The van der Waals surface area contributed by atoms with E-state index in [1.165, 1.54) is 25.7 Å². The summed E-state index contributed by atoms with van der Waals surface area (Å²) in [6, 6.07) is 0. The first-order valence-corrected chi connectivity index (χ1v) is 5.64. The Balaban J connectivity index is 2.02. The third-order valence-electron chi connectivity index (χ3n) is 2.54. The summed E-state index contributed by atoms with van der Waals surface area (Å²) in [4.78, 5) is 4.45. The first-order chi connectivity index (χ1) is 6.86. The molecule has 0 saturated carbocycles. The van der Waals surface area contributed by atoms with E-state index in [1.54, 1.807) is 0 Å². The highest BCUT2D eigenvalue weighted by atomic mass is 16.3. The molecule has 0 saturated heterocycles. The molecule has 0 aromatic heterocycles. The first-order valence-electron chi connectivity index (χ1n) is 5.64. The zero-order valence-corrected chi connectivity index (χ0v) is 9.15. The van der Waals surface area contributed by atoms with Crippen LogP contribution in [0.2, 0.25) is 0 Å². The molecule has 0 aromatic carbocycles. The lowest BCUT2D eigenvalue weighted by molar-refractivity contribution is 0.204. The van der Waals surface area contributed by atoms with Crippen LogP contribution in [0.4, 0.5) is 0 Å². The van der Waals surface area contributed by atoms with Crippen LogP contribution in [0.15, 0.2) is 12.4 Å². The average molecular weight is 198 g/mol. The average Bonchev–Trinajstić information content (AvgIpc) is 2.61. The van der Waals surface area contributed by atoms with Crippen LogP contribution < -0.4 is 0 Å². The van der Waals surface area contributed by atoms with Gasteiger partial charge in [-0.05, 0) is 6.42 Å². The van der Waals surface area contributed by atoms with Gasteiger partial charge in [0, 0.05) is 25.5 Å². The molecule has 14 heavy (non-hydrogen) atoms. The minimum atomic E-state index is 0.244. The highest BCUT2D eigenvalue weighted by molar-refractivity contribution is 4.90. The number of hydrogen-bond donors (Lipinski definition) is 1. The fraction of sp³-hybridized carbons (Fsp3) is 0.818. The number of hydrogen-bond acceptors (Lipinski definition) is 3. The summed E-state index contributed by atoms with van der Waals surface area (Å²) in [7, 11) is 0. The van der Waals surface area contributed by atoms with Gasteiger partial charge in [0.25, 0.3) is 0 Å². The SMILES string of the molecule is CCCCCCN1C=CN(CCO)C1. The monoisotopic (exact) mass is 198 g/mol. The Kier molecular flexibility index (Phi) is 5.45. The van der Waals surface area contributed by atoms with Crippen molar-refractivity contribution in [2.45, 2.75) is 32.6 Å². The summed E-state index contributed by atoms with van der Waals surface area (Å²) in [6.45, 7) is 5.33. The molecule has 1 rings (SSSR count). The number of aliphatic hydroxyl groups is 1. The predicted octanol–water partition coefficient (Wildman–Crippen LogP) is 1.61. The van der Waals surface area contributed by atoms with Gasteiger partial charge in [-0.2, -0.15) is 0 Å². The van der Waals surface area contributed by atoms with Gasteiger partial charge in [-0.3, -0.25) is 0 Å². The zero-order valence-electron chi connectivity index (χ0n) is 9.15. The number of unbranched alkanes of at least 4 members (excludes halogenated alkanes) is 3. The second kappa shape index (κ2) is 6.71. The molecule has 0 bridgehead atoms. The lowest BCUT2D eigenvalue weighted by atomic mass is 10.2. The van der Waals surface area contributed by atoms with Gasteiger partial charge in [-0.25, -0.2) is 0 Å². The van der Waals surface area contributed by atoms with Gasteiger partial charge >= 0.3 is 0 Å². The maximum atomic E-state index is 8.76. The van der Waals surface area contributed by atoms with Crippen LogP contribution in [0.1, 0.15) is 32.6 Å². The summed E-state index contributed by atoms with van der Waals surface area (Å²) in [6.07, 6.45) is 9.45. The fourth-order valence-corrected chi connectivity index (χ4v) is 1.68. The Labute approximate surface area is 87.0 Å². The van der Waals surface area contributed by atoms with Crippen molar-refractivity contribution in [2.75, 3.05) is 26.4 Å². The molecule has 3 nitrogen and oxygen atoms in total. The molecule has 0 spiro atoms. The Bertz CT molecular complexity index is 171. The number of nitrogens with zero attached hydrogens (tertiary/aromatic N) is 2. The Morgan fingerprint density at radius 3 is 2.43 bits per heavy atom. The maximum Gasteiger partial charge on any atom is 0.0894 e. The van der Waals surface area contributed by atoms with Crippen molar-refractivity contribution in [2.24, 2.45) is 0 Å². The molecule has 1 heterocycles. The molecule has 0 amide bonds. The molecule has 1 aliphatic heterocycles. The van der Waals surface area contributed by atoms with E-state index in [0.717, 1.165) is 19.8 Å². The van der Waals surface area contributed by atoms with Crippen molar-refractivity contribution < 1.29 is 5.11 Å². The van der Waals surface area contributed by atoms with E-state index >= 15 is 0 Å². The van der Waals surface area contributed by atoms with Gasteiger partial charge in [0.2, 0.25) is 0 Å². The van der Waals surface area contributed by atoms with Crippen LogP contribution >= 0.6 is 0 Å². The lowest BCUT2D eigenvalue weighted by Crippen LogP contribution is -2.27. The van der Waals surface area contributed by atoms with E-state index in [2.05, 4.69) is 29.1 Å². The molecule has 0 radical (unpaired) electrons. The van der Waals surface area contributed by atoms with Crippen LogP contribution in [0.25, 0.3) is 0 Å². The topological polar surface area (TPSA) is 26.7 Å². The summed E-state index contributed by atoms with van der Waals surface area (Å²) >= 11 is 0. The van der Waals surface area contributed by atoms with E-state index in [0.29, 0.717) is 0 Å². The summed E-state index contributed by atoms with van der Waals surface area (Å²) in [5.74, 6) is 0. The minimum Gasteiger partial charge on any atom is -0.395 e. The first kappa shape index (κ1) is 11.4. The normalized spacial score (nSPS) is 15.6. The molecular weight excluding hydrogens is 176 g/mol. The Morgan fingerprint density at radius 1 is 1.07 bits per heavy atom. The largest absolute Gasteiger partial charge is 0.395 e. The van der Waals surface area contributed by atoms with E-state index in [-0.39, 0.29) is 6.61 Å². The quantitative estimate of drug-likeness (QED) is 0.630. The van der Waals surface area contributed by atoms with Gasteiger partial charge in [-0.15, -0.1) is 0 Å². The maximum absolute atomic E-state index is 8.76. The molecule has 82 valence electrons. The van der Waals surface area contributed by atoms with Crippen LogP contribution in [0, 0.1) is 0 Å². The van der Waals surface area contributed by atoms with Gasteiger partial charge < -0.3 is 14.9 Å². The van der Waals surface area contributed by atoms with Crippen molar-refractivity contribution in [1.82, 2.24) is 9.80 Å². The van der Waals surface area contributed by atoms with Crippen molar-refractivity contribution in [1.29, 1.82) is 0 Å². The molecule has 0 aromatic rings. The van der Waals surface area contributed by atoms with E-state index in [9.17, 15) is 0 Å². The van der Waals surface area contributed by atoms with Crippen LogP contribution in [-0.2, 0) is 0 Å². The molecule has 1 aliphatic rings. The third kappa shape index (κ3) is 4.01. The van der Waals surface area contributed by atoms with Gasteiger partial charge in [0.15, 0.2) is 0 Å². The standard InChI is InChI=1S/C11H22N2O/c1-2-3-4-5-6-12-7-8-13(11-12)9-10-14/h7-8,14H,2-6,9-11H2,1H3. The highest BCUT2D eigenvalue weighted by Crippen LogP contribution is 2.08. The van der Waals surface area contributed by atoms with E-state index in [4.69, 9.17) is 5.11 Å². The molecule has 0 aliphatic carbocycles. The van der Waals surface area contributed by atoms with Crippen LogP contribution in [-0.4, -0.2) is 41.3 Å². The number of aliphatic hydroxyl groups excluding tert-OH is 1. The second-order valence-corrected chi connectivity index (χ2v) is 3.85. The molecule has 0 atom stereocenters. The molecule has 0 fully saturated rings. The van der Waals surface area contributed by atoms with Crippen molar-refractivity contribution in [3.63, 3.8) is 0 Å². The third-order valence-corrected chi connectivity index (χ3v) is 2.54. The van der Waals surface area contributed by atoms with Crippen molar-refractivity contribution in [3.8, 4) is 0 Å². The van der Waals surface area contributed by atoms with Crippen molar-refractivity contribution >= 4 is 0 Å². The minimum absolute atomic E-state index is 0.244. The van der Waals surface area contributed by atoms with Gasteiger partial charge in [0.05, 0.1) is 13.3 Å². The smallest absolute Gasteiger partial charge is 0.0894 e. The van der Waals surface area contributed by atoms with Crippen molar-refractivity contribution in [3.05, 3.63) is 12.4 Å². The predicted molar refractivity (Wildman–Crippen MR) is 58.6 cm³/mol. The highest BCUT2D eigenvalue weighted by Gasteiger charge is 2.10. The molecule has 1 N–H and O–H groups in total. The van der Waals surface area contributed by atoms with Crippen LogP contribution in [0.3, 0.4) is 0 Å². The molecule has 0 unspecified atom stereocenters. The Morgan fingerprint density at radius 2 is 1.79 bits per heavy atom. The zero-order chi connectivity index (χ0) is 10.2. The van der Waals surface area contributed by atoms with Gasteiger partial charge in [0.1, 0.15) is 0 Å². The van der Waals surface area contributed by atoms with E-state index in [1.807, 2.05) is 0 Å².